The molecule has 0 N–H and O–H groups in total. The van der Waals surface area contributed by atoms with Crippen molar-refractivity contribution in [2.45, 2.75) is 5.41 Å². The lowest BCUT2D eigenvalue weighted by atomic mass is 9.67. The average molecular weight is 820 g/mol. The second-order valence-corrected chi connectivity index (χ2v) is 17.5. The molecule has 0 spiro atoms. The highest BCUT2D eigenvalue weighted by Crippen LogP contribution is 2.62. The topological polar surface area (TPSA) is 3.24 Å². The zero-order chi connectivity index (χ0) is 41.7. The van der Waals surface area contributed by atoms with Crippen LogP contribution in [-0.2, 0) is 5.41 Å². The molecule has 2 heteroatoms. The van der Waals surface area contributed by atoms with Crippen LogP contribution in [0.1, 0.15) is 22.3 Å². The quantitative estimate of drug-likeness (QED) is 0.148. The van der Waals surface area contributed by atoms with Crippen LogP contribution in [0.15, 0.2) is 249 Å². The molecule has 0 amide bonds. The predicted molar refractivity (Wildman–Crippen MR) is 268 cm³/mol. The van der Waals surface area contributed by atoms with Crippen molar-refractivity contribution in [1.29, 1.82) is 0 Å². The number of para-hydroxylation sites is 1. The van der Waals surface area contributed by atoms with Crippen molar-refractivity contribution in [1.82, 2.24) is 0 Å². The highest BCUT2D eigenvalue weighted by Gasteiger charge is 2.48. The summed E-state index contributed by atoms with van der Waals surface area (Å²) in [6.45, 7) is 0. The maximum atomic E-state index is 2.54. The van der Waals surface area contributed by atoms with Crippen LogP contribution in [0.2, 0.25) is 0 Å². The monoisotopic (exact) mass is 819 g/mol. The van der Waals surface area contributed by atoms with Crippen molar-refractivity contribution in [3.8, 4) is 44.5 Å². The summed E-state index contributed by atoms with van der Waals surface area (Å²) in [5, 5.41) is 2.53. The molecule has 1 nitrogen and oxygen atoms in total. The van der Waals surface area contributed by atoms with Gasteiger partial charge in [-0.2, -0.15) is 0 Å². The molecule has 0 fully saturated rings. The van der Waals surface area contributed by atoms with E-state index in [1.54, 1.807) is 0 Å². The Morgan fingerprint density at radius 2 is 0.778 bits per heavy atom. The number of anilines is 3. The van der Waals surface area contributed by atoms with Gasteiger partial charge in [0.1, 0.15) is 0 Å². The largest absolute Gasteiger partial charge is 0.309 e. The van der Waals surface area contributed by atoms with Gasteiger partial charge in [0.2, 0.25) is 0 Å². The number of benzene rings is 10. The first-order valence-corrected chi connectivity index (χ1v) is 22.5. The van der Waals surface area contributed by atoms with Gasteiger partial charge < -0.3 is 4.90 Å². The first-order chi connectivity index (χ1) is 31.3. The SMILES string of the molecule is c1ccc(-c2ccc(-c3ccc(N(c4ccccc4)c4c5c(cc6sc7ccc(-c8ccccc8)cc7c46)C(c4ccccc4)(c4ccccc4)c4ccccc4-5)cc3)cc2)cc1. The zero-order valence-corrected chi connectivity index (χ0v) is 35.3. The van der Waals surface area contributed by atoms with Crippen molar-refractivity contribution in [3.05, 3.63) is 271 Å². The molecule has 1 heterocycles. The van der Waals surface area contributed by atoms with E-state index in [9.17, 15) is 0 Å². The van der Waals surface area contributed by atoms with Gasteiger partial charge in [0.05, 0.1) is 11.1 Å². The fourth-order valence-corrected chi connectivity index (χ4v) is 11.3. The third-order valence-electron chi connectivity index (χ3n) is 12.9. The van der Waals surface area contributed by atoms with Crippen LogP contribution in [0, 0.1) is 0 Å². The summed E-state index contributed by atoms with van der Waals surface area (Å²) in [5.41, 5.74) is 17.7. The zero-order valence-electron chi connectivity index (χ0n) is 34.5. The molecule has 0 bridgehead atoms. The number of hydrogen-bond donors (Lipinski definition) is 0. The number of nitrogens with zero attached hydrogens (tertiary/aromatic N) is 1. The normalized spacial score (nSPS) is 12.6. The van der Waals surface area contributed by atoms with Crippen molar-refractivity contribution in [2.75, 3.05) is 4.90 Å². The Bertz CT molecular complexity index is 3360. The third-order valence-corrected chi connectivity index (χ3v) is 14.1. The molecule has 63 heavy (non-hydrogen) atoms. The van der Waals surface area contributed by atoms with E-state index in [0.29, 0.717) is 0 Å². The Hall–Kier alpha value is -7.78. The molecule has 0 radical (unpaired) electrons. The molecule has 0 atom stereocenters. The fourth-order valence-electron chi connectivity index (χ4n) is 10.1. The lowest BCUT2D eigenvalue weighted by molar-refractivity contribution is 0.770. The fraction of sp³-hybridized carbons (Fsp3) is 0.0164. The molecule has 10 aromatic carbocycles. The Kier molecular flexibility index (Phi) is 8.98. The smallest absolute Gasteiger partial charge is 0.0714 e. The third kappa shape index (κ3) is 6.06. The van der Waals surface area contributed by atoms with Gasteiger partial charge in [-0.15, -0.1) is 11.3 Å². The highest BCUT2D eigenvalue weighted by molar-refractivity contribution is 7.26. The summed E-state index contributed by atoms with van der Waals surface area (Å²) in [4.78, 5) is 2.54. The van der Waals surface area contributed by atoms with Crippen LogP contribution in [0.5, 0.6) is 0 Å². The van der Waals surface area contributed by atoms with Gasteiger partial charge in [-0.05, 0) is 104 Å². The van der Waals surface area contributed by atoms with Gasteiger partial charge in [0.25, 0.3) is 0 Å². The summed E-state index contributed by atoms with van der Waals surface area (Å²) < 4.78 is 2.54. The van der Waals surface area contributed by atoms with Crippen molar-refractivity contribution >= 4 is 48.6 Å². The number of fused-ring (bicyclic) bond motifs is 6. The van der Waals surface area contributed by atoms with E-state index in [1.807, 2.05) is 11.3 Å². The van der Waals surface area contributed by atoms with Crippen molar-refractivity contribution < 1.29 is 0 Å². The van der Waals surface area contributed by atoms with Gasteiger partial charge in [0, 0.05) is 37.1 Å². The molecular formula is C61H41NS. The Morgan fingerprint density at radius 1 is 0.333 bits per heavy atom. The van der Waals surface area contributed by atoms with E-state index in [4.69, 9.17) is 0 Å². The highest BCUT2D eigenvalue weighted by atomic mass is 32.1. The molecule has 0 saturated carbocycles. The summed E-state index contributed by atoms with van der Waals surface area (Å²) >= 11 is 1.90. The Balaban J connectivity index is 1.16. The predicted octanol–water partition coefficient (Wildman–Crippen LogP) is 16.9. The molecule has 1 aromatic heterocycles. The minimum atomic E-state index is -0.555. The summed E-state index contributed by atoms with van der Waals surface area (Å²) in [6.07, 6.45) is 0. The van der Waals surface area contributed by atoms with Crippen LogP contribution in [-0.4, -0.2) is 0 Å². The average Bonchev–Trinajstić information content (AvgIpc) is 3.89. The molecule has 0 aliphatic heterocycles. The van der Waals surface area contributed by atoms with Gasteiger partial charge in [-0.3, -0.25) is 0 Å². The molecule has 296 valence electrons. The number of thiophene rings is 1. The minimum absolute atomic E-state index is 0.555. The van der Waals surface area contributed by atoms with E-state index in [1.165, 1.54) is 92.6 Å². The summed E-state index contributed by atoms with van der Waals surface area (Å²) in [5.74, 6) is 0. The number of rotatable bonds is 8. The molecular weight excluding hydrogens is 779 g/mol. The molecule has 0 saturated heterocycles. The first-order valence-electron chi connectivity index (χ1n) is 21.7. The van der Waals surface area contributed by atoms with E-state index in [-0.39, 0.29) is 0 Å². The van der Waals surface area contributed by atoms with Gasteiger partial charge in [-0.25, -0.2) is 0 Å². The van der Waals surface area contributed by atoms with Crippen LogP contribution < -0.4 is 4.90 Å². The Labute approximate surface area is 372 Å². The molecule has 1 aliphatic carbocycles. The second kappa shape index (κ2) is 15.3. The standard InChI is InChI=1S/C61H41NS/c1-6-18-42(19-7-1)44-30-32-45(33-31-44)46-34-37-51(38-35-46)62(50-26-14-5-15-27-50)60-58-52-28-16-17-29-54(52)61(48-22-10-3-11-23-48,49-24-12-4-13-25-49)55(58)41-57-59(60)53-40-47(36-39-56(53)63-57)43-20-8-2-9-21-43/h1-41H. The van der Waals surface area contributed by atoms with Crippen LogP contribution in [0.3, 0.4) is 0 Å². The molecule has 12 rings (SSSR count). The van der Waals surface area contributed by atoms with E-state index in [2.05, 4.69) is 254 Å². The minimum Gasteiger partial charge on any atom is -0.309 e. The van der Waals surface area contributed by atoms with Crippen LogP contribution in [0.4, 0.5) is 17.1 Å². The van der Waals surface area contributed by atoms with Crippen molar-refractivity contribution in [2.24, 2.45) is 0 Å². The van der Waals surface area contributed by atoms with Gasteiger partial charge in [0.15, 0.2) is 0 Å². The van der Waals surface area contributed by atoms with Crippen LogP contribution >= 0.6 is 11.3 Å². The van der Waals surface area contributed by atoms with Crippen molar-refractivity contribution in [3.63, 3.8) is 0 Å². The molecule has 1 aliphatic rings. The second-order valence-electron chi connectivity index (χ2n) is 16.4. The maximum absolute atomic E-state index is 2.54. The first kappa shape index (κ1) is 37.0. The molecule has 0 unspecified atom stereocenters. The summed E-state index contributed by atoms with van der Waals surface area (Å²) in [6, 6.07) is 91.5. The summed E-state index contributed by atoms with van der Waals surface area (Å²) in [7, 11) is 0. The Morgan fingerprint density at radius 3 is 1.37 bits per heavy atom. The van der Waals surface area contributed by atoms with E-state index in [0.717, 1.165) is 11.4 Å². The lowest BCUT2D eigenvalue weighted by Gasteiger charge is -2.35. The van der Waals surface area contributed by atoms with Gasteiger partial charge >= 0.3 is 0 Å². The molecule has 11 aromatic rings. The number of hydrogen-bond acceptors (Lipinski definition) is 2. The lowest BCUT2D eigenvalue weighted by Crippen LogP contribution is -2.28. The maximum Gasteiger partial charge on any atom is 0.0714 e. The van der Waals surface area contributed by atoms with Gasteiger partial charge in [-0.1, -0.05) is 206 Å². The van der Waals surface area contributed by atoms with Crippen LogP contribution in [0.25, 0.3) is 64.7 Å². The van der Waals surface area contributed by atoms with E-state index < -0.39 is 5.41 Å². The van der Waals surface area contributed by atoms with E-state index >= 15 is 0 Å².